The molecule has 0 fully saturated rings. The van der Waals surface area contributed by atoms with Crippen LogP contribution in [0.5, 0.6) is 23.0 Å². The van der Waals surface area contributed by atoms with Gasteiger partial charge in [-0.2, -0.15) is 0 Å². The van der Waals surface area contributed by atoms with Crippen molar-refractivity contribution in [2.45, 2.75) is 0 Å². The van der Waals surface area contributed by atoms with E-state index in [-0.39, 0.29) is 6.71 Å². The van der Waals surface area contributed by atoms with Crippen molar-refractivity contribution >= 4 is 23.1 Å². The summed E-state index contributed by atoms with van der Waals surface area (Å²) in [5.74, 6) is 3.45. The van der Waals surface area contributed by atoms with E-state index < -0.39 is 0 Å². The second kappa shape index (κ2) is 10.4. The number of nitrogens with zero attached hydrogens (tertiary/aromatic N) is 2. The van der Waals surface area contributed by atoms with E-state index in [1.54, 1.807) is 12.4 Å². The lowest BCUT2D eigenvalue weighted by Gasteiger charge is -2.34. The van der Waals surface area contributed by atoms with Crippen LogP contribution in [0.2, 0.25) is 0 Å². The maximum atomic E-state index is 6.71. The monoisotopic (exact) mass is 576 g/mol. The highest BCUT2D eigenvalue weighted by Gasteiger charge is 2.41. The van der Waals surface area contributed by atoms with Crippen LogP contribution in [0.3, 0.4) is 0 Å². The zero-order chi connectivity index (χ0) is 29.7. The lowest BCUT2D eigenvalue weighted by molar-refractivity contribution is 0.466. The summed E-state index contributed by atoms with van der Waals surface area (Å²) in [5, 5.41) is 0. The summed E-state index contributed by atoms with van der Waals surface area (Å²) >= 11 is 0. The number of ether oxygens (including phenoxy) is 2. The molecule has 5 heteroatoms. The third-order valence-electron chi connectivity index (χ3n) is 8.83. The van der Waals surface area contributed by atoms with Gasteiger partial charge in [-0.3, -0.25) is 9.97 Å². The molecule has 0 amide bonds. The standard InChI is InChI=1S/C40H25BN2O2/c1-8-32(28-18-14-26(15-19-28)30-6-4-22-42-24-30)39-34(10-1)41-35-11-2-9-33(40(35)45-37-13-3-12-36(44-39)38(37)41)29-20-16-27(17-21-29)31-7-5-23-43-25-31/h1-25H. The van der Waals surface area contributed by atoms with Crippen molar-refractivity contribution in [3.05, 3.63) is 152 Å². The molecule has 7 aromatic rings. The lowest BCUT2D eigenvalue weighted by atomic mass is 9.34. The van der Waals surface area contributed by atoms with E-state index in [0.29, 0.717) is 0 Å². The molecule has 0 saturated carbocycles. The van der Waals surface area contributed by atoms with E-state index in [0.717, 1.165) is 83.9 Å². The van der Waals surface area contributed by atoms with Crippen molar-refractivity contribution in [1.82, 2.24) is 9.97 Å². The first-order chi connectivity index (χ1) is 22.3. The van der Waals surface area contributed by atoms with E-state index >= 15 is 0 Å². The number of hydrogen-bond acceptors (Lipinski definition) is 4. The highest BCUT2D eigenvalue weighted by molar-refractivity contribution is 6.98. The Kier molecular flexibility index (Phi) is 5.88. The molecule has 210 valence electrons. The van der Waals surface area contributed by atoms with E-state index in [1.807, 2.05) is 42.7 Å². The van der Waals surface area contributed by atoms with E-state index in [9.17, 15) is 0 Å². The summed E-state index contributed by atoms with van der Waals surface area (Å²) in [6.07, 6.45) is 7.38. The van der Waals surface area contributed by atoms with E-state index in [1.165, 1.54) is 0 Å². The number of rotatable bonds is 4. The molecule has 2 aliphatic rings. The molecule has 2 aliphatic heterocycles. The zero-order valence-electron chi connectivity index (χ0n) is 24.2. The Labute approximate surface area is 261 Å². The lowest BCUT2D eigenvalue weighted by Crippen LogP contribution is -2.57. The van der Waals surface area contributed by atoms with Crippen LogP contribution in [0.1, 0.15) is 0 Å². The fourth-order valence-corrected chi connectivity index (χ4v) is 6.68. The number of hydrogen-bond donors (Lipinski definition) is 0. The Bertz CT molecular complexity index is 2050. The average molecular weight is 576 g/mol. The average Bonchev–Trinajstić information content (AvgIpc) is 3.12. The fourth-order valence-electron chi connectivity index (χ4n) is 6.68. The van der Waals surface area contributed by atoms with Gasteiger partial charge in [-0.15, -0.1) is 0 Å². The van der Waals surface area contributed by atoms with Crippen molar-refractivity contribution < 1.29 is 9.47 Å². The molecule has 0 atom stereocenters. The van der Waals surface area contributed by atoms with Crippen LogP contribution in [-0.2, 0) is 0 Å². The van der Waals surface area contributed by atoms with Crippen LogP contribution in [0.25, 0.3) is 44.5 Å². The van der Waals surface area contributed by atoms with Gasteiger partial charge in [0.2, 0.25) is 0 Å². The molecule has 0 radical (unpaired) electrons. The van der Waals surface area contributed by atoms with Gasteiger partial charge in [0.15, 0.2) is 0 Å². The molecule has 0 unspecified atom stereocenters. The van der Waals surface area contributed by atoms with Crippen LogP contribution in [0.4, 0.5) is 0 Å². The van der Waals surface area contributed by atoms with E-state index in [4.69, 9.17) is 9.47 Å². The fraction of sp³-hybridized carbons (Fsp3) is 0. The summed E-state index contributed by atoms with van der Waals surface area (Å²) in [6.45, 7) is -0.0204. The largest absolute Gasteiger partial charge is 0.458 e. The van der Waals surface area contributed by atoms with Crippen LogP contribution in [0, 0.1) is 0 Å². The molecule has 5 aromatic carbocycles. The van der Waals surface area contributed by atoms with E-state index in [2.05, 4.69) is 107 Å². The van der Waals surface area contributed by atoms with Gasteiger partial charge in [-0.05, 0) is 68.6 Å². The second-order valence-corrected chi connectivity index (χ2v) is 11.4. The molecule has 9 rings (SSSR count). The molecule has 0 N–H and O–H groups in total. The maximum absolute atomic E-state index is 6.71. The van der Waals surface area contributed by atoms with Crippen molar-refractivity contribution in [2.75, 3.05) is 0 Å². The summed E-state index contributed by atoms with van der Waals surface area (Å²) in [4.78, 5) is 8.56. The normalized spacial score (nSPS) is 12.3. The number of aromatic nitrogens is 2. The van der Waals surface area contributed by atoms with Crippen molar-refractivity contribution in [3.63, 3.8) is 0 Å². The zero-order valence-corrected chi connectivity index (χ0v) is 24.2. The predicted octanol–water partition coefficient (Wildman–Crippen LogP) is 7.87. The van der Waals surface area contributed by atoms with Gasteiger partial charge in [-0.1, -0.05) is 103 Å². The molecule has 0 saturated heterocycles. The molecule has 45 heavy (non-hydrogen) atoms. The summed E-state index contributed by atoms with van der Waals surface area (Å²) in [7, 11) is 0. The third kappa shape index (κ3) is 4.24. The molecular weight excluding hydrogens is 551 g/mol. The highest BCUT2D eigenvalue weighted by atomic mass is 16.5. The van der Waals surface area contributed by atoms with Crippen LogP contribution in [0.15, 0.2) is 152 Å². The summed E-state index contributed by atoms with van der Waals surface area (Å²) < 4.78 is 13.4. The first-order valence-electron chi connectivity index (χ1n) is 15.1. The SMILES string of the molecule is c1cncc(-c2ccc(-c3cccc4c3Oc3cccc5c3B4c3cccc(-c4ccc(-c6cccnc6)cc4)c3O5)cc2)c1. The van der Waals surface area contributed by atoms with Gasteiger partial charge in [-0.25, -0.2) is 0 Å². The topological polar surface area (TPSA) is 44.2 Å². The Morgan fingerprint density at radius 3 is 1.29 bits per heavy atom. The first kappa shape index (κ1) is 25.6. The smallest absolute Gasteiger partial charge is 0.260 e. The molecule has 0 aliphatic carbocycles. The predicted molar refractivity (Wildman–Crippen MR) is 181 cm³/mol. The number of pyridine rings is 2. The number of para-hydroxylation sites is 2. The van der Waals surface area contributed by atoms with Gasteiger partial charge in [0, 0.05) is 41.4 Å². The molecule has 2 aromatic heterocycles. The Hall–Kier alpha value is -5.94. The van der Waals surface area contributed by atoms with Gasteiger partial charge in [0.05, 0.1) is 0 Å². The minimum Gasteiger partial charge on any atom is -0.458 e. The van der Waals surface area contributed by atoms with Gasteiger partial charge in [0.25, 0.3) is 6.71 Å². The third-order valence-corrected chi connectivity index (χ3v) is 8.83. The highest BCUT2D eigenvalue weighted by Crippen LogP contribution is 2.42. The van der Waals surface area contributed by atoms with Crippen molar-refractivity contribution in [3.8, 4) is 67.5 Å². The van der Waals surface area contributed by atoms with Crippen LogP contribution < -0.4 is 25.9 Å². The minimum absolute atomic E-state index is 0.0204. The van der Waals surface area contributed by atoms with Crippen molar-refractivity contribution in [2.24, 2.45) is 0 Å². The number of fused-ring (bicyclic) bond motifs is 4. The quantitative estimate of drug-likeness (QED) is 0.200. The molecule has 4 nitrogen and oxygen atoms in total. The Morgan fingerprint density at radius 2 is 0.844 bits per heavy atom. The van der Waals surface area contributed by atoms with Crippen LogP contribution in [-0.4, -0.2) is 16.7 Å². The van der Waals surface area contributed by atoms with Gasteiger partial charge >= 0.3 is 0 Å². The molecule has 4 heterocycles. The first-order valence-corrected chi connectivity index (χ1v) is 15.1. The molecule has 0 bridgehead atoms. The number of benzene rings is 5. The Morgan fingerprint density at radius 1 is 0.400 bits per heavy atom. The van der Waals surface area contributed by atoms with Gasteiger partial charge < -0.3 is 9.47 Å². The minimum atomic E-state index is -0.0204. The molecular formula is C40H25BN2O2. The second-order valence-electron chi connectivity index (χ2n) is 11.4. The van der Waals surface area contributed by atoms with Crippen molar-refractivity contribution in [1.29, 1.82) is 0 Å². The van der Waals surface area contributed by atoms with Gasteiger partial charge in [0.1, 0.15) is 23.0 Å². The van der Waals surface area contributed by atoms with Crippen LogP contribution >= 0.6 is 0 Å². The maximum Gasteiger partial charge on any atom is 0.260 e. The summed E-state index contributed by atoms with van der Waals surface area (Å²) in [5.41, 5.74) is 12.1. The Balaban J connectivity index is 1.15. The molecule has 0 spiro atoms. The summed E-state index contributed by atoms with van der Waals surface area (Å²) in [6, 6.07) is 44.4.